The normalized spacial score (nSPS) is 12.6. The third-order valence-corrected chi connectivity index (χ3v) is 4.13. The Kier molecular flexibility index (Phi) is 5.57. The lowest BCUT2D eigenvalue weighted by atomic mass is 10.0. The zero-order chi connectivity index (χ0) is 14.5. The van der Waals surface area contributed by atoms with E-state index in [1.807, 2.05) is 29.9 Å². The molecule has 2 aromatic rings. The fourth-order valence-corrected chi connectivity index (χ4v) is 3.14. The number of nitrogens with one attached hydrogen (secondary N) is 1. The minimum absolute atomic E-state index is 0.168. The lowest BCUT2D eigenvalue weighted by Gasteiger charge is -2.18. The van der Waals surface area contributed by atoms with Gasteiger partial charge < -0.3 is 5.32 Å². The maximum Gasteiger partial charge on any atom is 0.138 e. The van der Waals surface area contributed by atoms with Gasteiger partial charge in [-0.1, -0.05) is 40.5 Å². The molecule has 1 N–H and O–H groups in total. The summed E-state index contributed by atoms with van der Waals surface area (Å²) in [5.41, 5.74) is 1.17. The van der Waals surface area contributed by atoms with Crippen molar-refractivity contribution in [2.45, 2.75) is 32.4 Å². The van der Waals surface area contributed by atoms with Crippen molar-refractivity contribution in [3.8, 4) is 0 Å². The van der Waals surface area contributed by atoms with E-state index in [4.69, 9.17) is 11.6 Å². The maximum atomic E-state index is 6.00. The van der Waals surface area contributed by atoms with Gasteiger partial charge in [0.2, 0.25) is 0 Å². The SMILES string of the molecule is CCCn1ncnc1CC(NC)c1ccc(Cl)cc1Br. The molecule has 0 saturated heterocycles. The Morgan fingerprint density at radius 3 is 2.90 bits per heavy atom. The first kappa shape index (κ1) is 15.5. The molecule has 0 spiro atoms. The van der Waals surface area contributed by atoms with Crippen LogP contribution in [0, 0.1) is 0 Å². The molecule has 0 radical (unpaired) electrons. The van der Waals surface area contributed by atoms with Crippen molar-refractivity contribution < 1.29 is 0 Å². The molecule has 6 heteroatoms. The first-order valence-corrected chi connectivity index (χ1v) is 7.81. The van der Waals surface area contributed by atoms with Gasteiger partial charge in [0.05, 0.1) is 0 Å². The third kappa shape index (κ3) is 3.59. The number of nitrogens with zero attached hydrogens (tertiary/aromatic N) is 3. The van der Waals surface area contributed by atoms with Gasteiger partial charge in [-0.05, 0) is 31.2 Å². The zero-order valence-electron chi connectivity index (χ0n) is 11.6. The second-order valence-electron chi connectivity index (χ2n) is 4.61. The van der Waals surface area contributed by atoms with Crippen LogP contribution in [0.25, 0.3) is 0 Å². The molecule has 4 nitrogen and oxygen atoms in total. The summed E-state index contributed by atoms with van der Waals surface area (Å²) in [5, 5.41) is 8.33. The summed E-state index contributed by atoms with van der Waals surface area (Å²) in [6, 6.07) is 6.02. The van der Waals surface area contributed by atoms with E-state index in [1.165, 1.54) is 5.56 Å². The minimum atomic E-state index is 0.168. The van der Waals surface area contributed by atoms with E-state index in [1.54, 1.807) is 6.33 Å². The van der Waals surface area contributed by atoms with Gasteiger partial charge in [-0.15, -0.1) is 0 Å². The summed E-state index contributed by atoms with van der Waals surface area (Å²) in [5.74, 6) is 0.994. The maximum absolute atomic E-state index is 6.00. The summed E-state index contributed by atoms with van der Waals surface area (Å²) in [4.78, 5) is 4.37. The standard InChI is InChI=1S/C14H18BrClN4/c1-3-6-20-14(18-9-19-20)8-13(17-2)11-5-4-10(16)7-12(11)15/h4-5,7,9,13,17H,3,6,8H2,1-2H3. The van der Waals surface area contributed by atoms with E-state index in [9.17, 15) is 0 Å². The Hall–Kier alpha value is -0.910. The van der Waals surface area contributed by atoms with Crippen LogP contribution < -0.4 is 5.32 Å². The van der Waals surface area contributed by atoms with Crippen molar-refractivity contribution in [3.05, 3.63) is 45.4 Å². The summed E-state index contributed by atoms with van der Waals surface area (Å²) >= 11 is 9.57. The monoisotopic (exact) mass is 356 g/mol. The second kappa shape index (κ2) is 7.20. The molecule has 0 fully saturated rings. The second-order valence-corrected chi connectivity index (χ2v) is 5.90. The smallest absolute Gasteiger partial charge is 0.138 e. The molecule has 2 rings (SSSR count). The fraction of sp³-hybridized carbons (Fsp3) is 0.429. The zero-order valence-corrected chi connectivity index (χ0v) is 13.9. The average Bonchev–Trinajstić information content (AvgIpc) is 2.84. The van der Waals surface area contributed by atoms with E-state index in [0.29, 0.717) is 0 Å². The Bertz CT molecular complexity index is 570. The molecule has 0 saturated carbocycles. The minimum Gasteiger partial charge on any atom is -0.313 e. The number of aromatic nitrogens is 3. The van der Waals surface area contributed by atoms with Crippen LogP contribution >= 0.6 is 27.5 Å². The van der Waals surface area contributed by atoms with Gasteiger partial charge in [-0.3, -0.25) is 4.68 Å². The van der Waals surface area contributed by atoms with Crippen molar-refractivity contribution >= 4 is 27.5 Å². The molecule has 1 aromatic heterocycles. The van der Waals surface area contributed by atoms with E-state index in [0.717, 1.165) is 34.7 Å². The molecule has 0 aliphatic rings. The number of likely N-dealkylation sites (N-methyl/N-ethyl adjacent to an activating group) is 1. The summed E-state index contributed by atoms with van der Waals surface area (Å²) in [7, 11) is 1.95. The predicted octanol–water partition coefficient (Wildman–Crippen LogP) is 3.61. The number of hydrogen-bond acceptors (Lipinski definition) is 3. The van der Waals surface area contributed by atoms with Gasteiger partial charge >= 0.3 is 0 Å². The van der Waals surface area contributed by atoms with Crippen LogP contribution in [0.2, 0.25) is 5.02 Å². The molecule has 108 valence electrons. The first-order valence-electron chi connectivity index (χ1n) is 6.64. The first-order chi connectivity index (χ1) is 9.65. The van der Waals surface area contributed by atoms with Crippen LogP contribution in [0.5, 0.6) is 0 Å². The van der Waals surface area contributed by atoms with Crippen LogP contribution in [0.3, 0.4) is 0 Å². The number of benzene rings is 1. The number of hydrogen-bond donors (Lipinski definition) is 1. The summed E-state index contributed by atoms with van der Waals surface area (Å²) in [6.45, 7) is 3.03. The van der Waals surface area contributed by atoms with Crippen molar-refractivity contribution in [2.24, 2.45) is 0 Å². The van der Waals surface area contributed by atoms with Crippen molar-refractivity contribution in [2.75, 3.05) is 7.05 Å². The van der Waals surface area contributed by atoms with E-state index in [2.05, 4.69) is 38.3 Å². The lowest BCUT2D eigenvalue weighted by molar-refractivity contribution is 0.516. The highest BCUT2D eigenvalue weighted by Crippen LogP contribution is 2.28. The highest BCUT2D eigenvalue weighted by Gasteiger charge is 2.16. The van der Waals surface area contributed by atoms with Gasteiger partial charge in [-0.2, -0.15) is 5.10 Å². The predicted molar refractivity (Wildman–Crippen MR) is 85.0 cm³/mol. The molecule has 1 aromatic carbocycles. The Labute approximate surface area is 132 Å². The summed E-state index contributed by atoms with van der Waals surface area (Å²) < 4.78 is 2.97. The number of aryl methyl sites for hydroxylation is 1. The molecule has 0 aliphatic carbocycles. The van der Waals surface area contributed by atoms with Crippen LogP contribution in [0.15, 0.2) is 29.0 Å². The van der Waals surface area contributed by atoms with Crippen molar-refractivity contribution in [1.29, 1.82) is 0 Å². The van der Waals surface area contributed by atoms with Gasteiger partial charge in [0.15, 0.2) is 0 Å². The molecule has 1 atom stereocenters. The molecule has 20 heavy (non-hydrogen) atoms. The largest absolute Gasteiger partial charge is 0.313 e. The highest BCUT2D eigenvalue weighted by molar-refractivity contribution is 9.10. The Morgan fingerprint density at radius 2 is 2.25 bits per heavy atom. The summed E-state index contributed by atoms with van der Waals surface area (Å²) in [6.07, 6.45) is 3.45. The van der Waals surface area contributed by atoms with E-state index < -0.39 is 0 Å². The van der Waals surface area contributed by atoms with Crippen molar-refractivity contribution in [3.63, 3.8) is 0 Å². The molecular weight excluding hydrogens is 340 g/mol. The molecule has 1 unspecified atom stereocenters. The molecule has 1 heterocycles. The van der Waals surface area contributed by atoms with Gasteiger partial charge in [-0.25, -0.2) is 4.98 Å². The Morgan fingerprint density at radius 1 is 1.45 bits per heavy atom. The van der Waals surface area contributed by atoms with Crippen LogP contribution in [0.4, 0.5) is 0 Å². The molecular formula is C14H18BrClN4. The molecule has 0 amide bonds. The topological polar surface area (TPSA) is 42.7 Å². The van der Waals surface area contributed by atoms with Crippen LogP contribution in [0.1, 0.15) is 30.8 Å². The quantitative estimate of drug-likeness (QED) is 0.859. The highest BCUT2D eigenvalue weighted by atomic mass is 79.9. The fourth-order valence-electron chi connectivity index (χ4n) is 2.18. The van der Waals surface area contributed by atoms with Crippen molar-refractivity contribution in [1.82, 2.24) is 20.1 Å². The lowest BCUT2D eigenvalue weighted by Crippen LogP contribution is -2.21. The Balaban J connectivity index is 2.22. The van der Waals surface area contributed by atoms with E-state index in [-0.39, 0.29) is 6.04 Å². The van der Waals surface area contributed by atoms with Gasteiger partial charge in [0.25, 0.3) is 0 Å². The number of rotatable bonds is 6. The van der Waals surface area contributed by atoms with Crippen LogP contribution in [-0.4, -0.2) is 21.8 Å². The third-order valence-electron chi connectivity index (χ3n) is 3.20. The van der Waals surface area contributed by atoms with Gasteiger partial charge in [0.1, 0.15) is 12.2 Å². The number of halogens is 2. The van der Waals surface area contributed by atoms with Crippen LogP contribution in [-0.2, 0) is 13.0 Å². The molecule has 0 aliphatic heterocycles. The van der Waals surface area contributed by atoms with Gasteiger partial charge in [0, 0.05) is 28.5 Å². The average molecular weight is 358 g/mol. The molecule has 0 bridgehead atoms. The van der Waals surface area contributed by atoms with E-state index >= 15 is 0 Å².